The zero-order valence-electron chi connectivity index (χ0n) is 15.4. The minimum Gasteiger partial charge on any atom is -0.296 e. The van der Waals surface area contributed by atoms with Gasteiger partial charge in [0, 0.05) is 6.42 Å². The van der Waals surface area contributed by atoms with Crippen molar-refractivity contribution >= 4 is 11.8 Å². The molecule has 6 nitrogen and oxygen atoms in total. The van der Waals surface area contributed by atoms with Gasteiger partial charge in [-0.25, -0.2) is 9.67 Å². The van der Waals surface area contributed by atoms with Gasteiger partial charge in [-0.3, -0.25) is 14.9 Å². The van der Waals surface area contributed by atoms with E-state index in [2.05, 4.69) is 56.9 Å². The number of rotatable bonds is 1. The fourth-order valence-electron chi connectivity index (χ4n) is 2.89. The summed E-state index contributed by atoms with van der Waals surface area (Å²) >= 11 is 0. The SMILES string of the molecule is C.CC(C)(C)n1cncn1.CCC1(C(C)(C)C)CCC(=O)NC1=O. The predicted octanol–water partition coefficient (Wildman–Crippen LogP) is 3.53. The van der Waals surface area contributed by atoms with Crippen molar-refractivity contribution in [3.05, 3.63) is 12.7 Å². The second-order valence-electron chi connectivity index (χ2n) is 8.07. The molecule has 0 aromatic carbocycles. The molecule has 24 heavy (non-hydrogen) atoms. The first-order chi connectivity index (χ1) is 10.4. The number of nitrogens with zero attached hydrogens (tertiary/aromatic N) is 3. The second kappa shape index (κ2) is 7.90. The number of imide groups is 1. The summed E-state index contributed by atoms with van der Waals surface area (Å²) in [5.74, 6) is -0.230. The van der Waals surface area contributed by atoms with Crippen LogP contribution in [0.5, 0.6) is 0 Å². The van der Waals surface area contributed by atoms with Crippen LogP contribution in [0, 0.1) is 10.8 Å². The predicted molar refractivity (Wildman–Crippen MR) is 96.3 cm³/mol. The van der Waals surface area contributed by atoms with Crippen molar-refractivity contribution in [3.8, 4) is 0 Å². The van der Waals surface area contributed by atoms with Gasteiger partial charge in [0.05, 0.1) is 11.0 Å². The summed E-state index contributed by atoms with van der Waals surface area (Å²) in [5.41, 5.74) is -0.399. The highest BCUT2D eigenvalue weighted by molar-refractivity contribution is 6.00. The number of carbonyl (C=O) groups excluding carboxylic acids is 2. The topological polar surface area (TPSA) is 76.9 Å². The van der Waals surface area contributed by atoms with Crippen molar-refractivity contribution in [2.45, 2.75) is 80.7 Å². The van der Waals surface area contributed by atoms with Gasteiger partial charge in [0.2, 0.25) is 11.8 Å². The number of hydrogen-bond donors (Lipinski definition) is 1. The van der Waals surface area contributed by atoms with E-state index in [4.69, 9.17) is 0 Å². The first-order valence-electron chi connectivity index (χ1n) is 8.13. The first kappa shape index (κ1) is 22.3. The van der Waals surface area contributed by atoms with Crippen LogP contribution in [0.4, 0.5) is 0 Å². The lowest BCUT2D eigenvalue weighted by Crippen LogP contribution is -2.54. The van der Waals surface area contributed by atoms with Gasteiger partial charge in [-0.15, -0.1) is 0 Å². The van der Waals surface area contributed by atoms with Crippen molar-refractivity contribution in [2.75, 3.05) is 0 Å². The number of hydrogen-bond acceptors (Lipinski definition) is 4. The molecule has 0 aliphatic carbocycles. The quantitative estimate of drug-likeness (QED) is 0.795. The third-order valence-corrected chi connectivity index (χ3v) is 4.61. The van der Waals surface area contributed by atoms with E-state index in [1.807, 2.05) is 11.6 Å². The highest BCUT2D eigenvalue weighted by Gasteiger charge is 2.49. The van der Waals surface area contributed by atoms with E-state index in [9.17, 15) is 9.59 Å². The van der Waals surface area contributed by atoms with Gasteiger partial charge in [-0.05, 0) is 39.0 Å². The van der Waals surface area contributed by atoms with Crippen molar-refractivity contribution in [1.29, 1.82) is 0 Å². The molecule has 1 atom stereocenters. The Morgan fingerprint density at radius 2 is 1.79 bits per heavy atom. The van der Waals surface area contributed by atoms with Gasteiger partial charge in [-0.1, -0.05) is 35.1 Å². The van der Waals surface area contributed by atoms with Crippen LogP contribution in [-0.4, -0.2) is 26.6 Å². The van der Waals surface area contributed by atoms with Crippen LogP contribution in [0.3, 0.4) is 0 Å². The molecule has 1 aromatic rings. The van der Waals surface area contributed by atoms with Crippen LogP contribution in [0.25, 0.3) is 0 Å². The summed E-state index contributed by atoms with van der Waals surface area (Å²) < 4.78 is 1.83. The van der Waals surface area contributed by atoms with E-state index in [1.54, 1.807) is 12.7 Å². The van der Waals surface area contributed by atoms with Crippen LogP contribution in [0.2, 0.25) is 0 Å². The molecule has 0 spiro atoms. The fraction of sp³-hybridized carbons (Fsp3) is 0.778. The zero-order valence-corrected chi connectivity index (χ0v) is 15.4. The molecular formula is C18H34N4O2. The number of carbonyl (C=O) groups is 2. The third kappa shape index (κ3) is 4.89. The Hall–Kier alpha value is -1.72. The number of nitrogens with one attached hydrogen (secondary N) is 1. The van der Waals surface area contributed by atoms with Crippen molar-refractivity contribution < 1.29 is 9.59 Å². The molecule has 0 saturated carbocycles. The van der Waals surface area contributed by atoms with E-state index in [1.165, 1.54) is 0 Å². The molecule has 1 aliphatic heterocycles. The van der Waals surface area contributed by atoms with E-state index in [-0.39, 0.29) is 35.6 Å². The average Bonchev–Trinajstić information content (AvgIpc) is 2.92. The number of aromatic nitrogens is 3. The Morgan fingerprint density at radius 3 is 2.08 bits per heavy atom. The summed E-state index contributed by atoms with van der Waals surface area (Å²) in [6.07, 6.45) is 5.20. The molecule has 2 heterocycles. The van der Waals surface area contributed by atoms with Crippen LogP contribution in [0.1, 0.15) is 75.2 Å². The van der Waals surface area contributed by atoms with Gasteiger partial charge in [-0.2, -0.15) is 5.10 Å². The van der Waals surface area contributed by atoms with Gasteiger partial charge < -0.3 is 0 Å². The van der Waals surface area contributed by atoms with E-state index in [0.29, 0.717) is 12.8 Å². The summed E-state index contributed by atoms with van der Waals surface area (Å²) in [7, 11) is 0. The van der Waals surface area contributed by atoms with E-state index < -0.39 is 0 Å². The minimum atomic E-state index is -0.374. The van der Waals surface area contributed by atoms with Crippen LogP contribution >= 0.6 is 0 Å². The van der Waals surface area contributed by atoms with Crippen molar-refractivity contribution in [3.63, 3.8) is 0 Å². The Balaban J connectivity index is 0.000000460. The maximum atomic E-state index is 11.9. The molecule has 1 aromatic heterocycles. The molecule has 0 bridgehead atoms. The number of amides is 2. The van der Waals surface area contributed by atoms with Crippen molar-refractivity contribution in [1.82, 2.24) is 20.1 Å². The van der Waals surface area contributed by atoms with Gasteiger partial charge in [0.25, 0.3) is 0 Å². The standard InChI is InChI=1S/C11H19NO2.C6H11N3.CH4/c1-5-11(10(2,3)4)7-6-8(13)12-9(11)14;1-6(2,3)9-5-7-4-8-9;/h5-7H2,1-4H3,(H,12,13,14);4-5H,1-3H3;1H4. The molecule has 1 fully saturated rings. The lowest BCUT2D eigenvalue weighted by atomic mass is 9.61. The van der Waals surface area contributed by atoms with E-state index >= 15 is 0 Å². The smallest absolute Gasteiger partial charge is 0.233 e. The molecule has 6 heteroatoms. The summed E-state index contributed by atoms with van der Waals surface area (Å²) in [6.45, 7) is 14.5. The van der Waals surface area contributed by atoms with Gasteiger partial charge in [0.1, 0.15) is 12.7 Å². The summed E-state index contributed by atoms with van der Waals surface area (Å²) in [5, 5.41) is 6.44. The average molecular weight is 338 g/mol. The van der Waals surface area contributed by atoms with Crippen LogP contribution < -0.4 is 5.32 Å². The number of piperidine rings is 1. The molecule has 0 radical (unpaired) electrons. The minimum absolute atomic E-state index is 0. The Morgan fingerprint density at radius 1 is 1.21 bits per heavy atom. The summed E-state index contributed by atoms with van der Waals surface area (Å²) in [6, 6.07) is 0. The van der Waals surface area contributed by atoms with E-state index in [0.717, 1.165) is 6.42 Å². The van der Waals surface area contributed by atoms with Gasteiger partial charge in [0.15, 0.2) is 0 Å². The molecule has 2 rings (SSSR count). The maximum absolute atomic E-state index is 11.9. The Bertz CT molecular complexity index is 538. The largest absolute Gasteiger partial charge is 0.296 e. The Labute approximate surface area is 146 Å². The lowest BCUT2D eigenvalue weighted by Gasteiger charge is -2.44. The molecule has 138 valence electrons. The zero-order chi connectivity index (χ0) is 17.9. The maximum Gasteiger partial charge on any atom is 0.233 e. The van der Waals surface area contributed by atoms with Crippen LogP contribution in [-0.2, 0) is 15.1 Å². The molecule has 1 N–H and O–H groups in total. The lowest BCUT2D eigenvalue weighted by molar-refractivity contribution is -0.148. The first-order valence-corrected chi connectivity index (χ1v) is 8.13. The highest BCUT2D eigenvalue weighted by Crippen LogP contribution is 2.46. The van der Waals surface area contributed by atoms with Gasteiger partial charge >= 0.3 is 0 Å². The van der Waals surface area contributed by atoms with Crippen LogP contribution in [0.15, 0.2) is 12.7 Å². The molecule has 1 unspecified atom stereocenters. The third-order valence-electron chi connectivity index (χ3n) is 4.61. The van der Waals surface area contributed by atoms with Crippen molar-refractivity contribution in [2.24, 2.45) is 10.8 Å². The molecule has 2 amide bonds. The normalized spacial score (nSPS) is 21.3. The molecule has 1 saturated heterocycles. The summed E-state index contributed by atoms with van der Waals surface area (Å²) in [4.78, 5) is 26.8. The highest BCUT2D eigenvalue weighted by atomic mass is 16.2. The second-order valence-corrected chi connectivity index (χ2v) is 8.07. The molecular weight excluding hydrogens is 304 g/mol. The monoisotopic (exact) mass is 338 g/mol. The molecule has 1 aliphatic rings. The fourth-order valence-corrected chi connectivity index (χ4v) is 2.89. The Kier molecular flexibility index (Phi) is 7.34.